The van der Waals surface area contributed by atoms with Crippen LogP contribution in [0.1, 0.15) is 5.56 Å². The summed E-state index contributed by atoms with van der Waals surface area (Å²) in [4.78, 5) is 0. The summed E-state index contributed by atoms with van der Waals surface area (Å²) in [5, 5.41) is 8.54. The van der Waals surface area contributed by atoms with Gasteiger partial charge < -0.3 is 0 Å². The summed E-state index contributed by atoms with van der Waals surface area (Å²) in [5.41, 5.74) is 5.37. The van der Waals surface area contributed by atoms with Crippen LogP contribution in [0.3, 0.4) is 0 Å². The van der Waals surface area contributed by atoms with E-state index in [1.54, 1.807) is 0 Å². The SMILES string of the molecule is C[n+]1ccc(-c2cc[n+](Cc3ccc(N=Nc4ccccc4)cc3)cc2)cc1. The molecule has 4 rings (SSSR count). The summed E-state index contributed by atoms with van der Waals surface area (Å²) in [6.07, 6.45) is 8.36. The number of nitrogens with zero attached hydrogens (tertiary/aromatic N) is 4. The molecule has 2 heterocycles. The van der Waals surface area contributed by atoms with Crippen molar-refractivity contribution in [2.24, 2.45) is 17.3 Å². The quantitative estimate of drug-likeness (QED) is 0.354. The van der Waals surface area contributed by atoms with E-state index < -0.39 is 0 Å². The Kier molecular flexibility index (Phi) is 5.29. The van der Waals surface area contributed by atoms with Crippen LogP contribution in [-0.2, 0) is 13.6 Å². The molecule has 0 aliphatic rings. The first-order chi connectivity index (χ1) is 13.8. The van der Waals surface area contributed by atoms with Gasteiger partial charge in [0.05, 0.1) is 11.4 Å². The maximum Gasteiger partial charge on any atom is 0.173 e. The molecule has 0 saturated carbocycles. The van der Waals surface area contributed by atoms with E-state index in [1.807, 2.05) is 54.1 Å². The summed E-state index contributed by atoms with van der Waals surface area (Å²) in [6, 6.07) is 26.5. The van der Waals surface area contributed by atoms with Gasteiger partial charge in [0.15, 0.2) is 31.3 Å². The van der Waals surface area contributed by atoms with Crippen molar-refractivity contribution in [1.82, 2.24) is 0 Å². The summed E-state index contributed by atoms with van der Waals surface area (Å²) >= 11 is 0. The molecule has 136 valence electrons. The average molecular weight is 366 g/mol. The topological polar surface area (TPSA) is 32.5 Å². The maximum absolute atomic E-state index is 4.29. The summed E-state index contributed by atoms with van der Waals surface area (Å²) in [5.74, 6) is 0. The highest BCUT2D eigenvalue weighted by Gasteiger charge is 2.05. The van der Waals surface area contributed by atoms with E-state index in [2.05, 4.69) is 76.0 Å². The Labute approximate surface area is 165 Å². The van der Waals surface area contributed by atoms with Crippen LogP contribution in [0.15, 0.2) is 114 Å². The smallest absolute Gasteiger partial charge is 0.173 e. The first kappa shape index (κ1) is 17.7. The van der Waals surface area contributed by atoms with Crippen molar-refractivity contribution in [3.8, 4) is 11.1 Å². The van der Waals surface area contributed by atoms with Gasteiger partial charge >= 0.3 is 0 Å². The molecule has 0 saturated heterocycles. The minimum absolute atomic E-state index is 0.820. The molecule has 4 nitrogen and oxygen atoms in total. The van der Waals surface area contributed by atoms with Crippen LogP contribution in [-0.4, -0.2) is 0 Å². The number of azo groups is 1. The fraction of sp³-hybridized carbons (Fsp3) is 0.0833. The van der Waals surface area contributed by atoms with Crippen LogP contribution in [0.25, 0.3) is 11.1 Å². The van der Waals surface area contributed by atoms with E-state index in [4.69, 9.17) is 0 Å². The third kappa shape index (κ3) is 4.54. The van der Waals surface area contributed by atoms with E-state index in [0.717, 1.165) is 17.9 Å². The molecule has 0 spiro atoms. The third-order valence-electron chi connectivity index (χ3n) is 4.54. The molecular weight excluding hydrogens is 344 g/mol. The molecular formula is C24H22N4+2. The number of rotatable bonds is 5. The summed E-state index contributed by atoms with van der Waals surface area (Å²) in [7, 11) is 2.02. The van der Waals surface area contributed by atoms with Crippen LogP contribution >= 0.6 is 0 Å². The molecule has 0 aliphatic carbocycles. The van der Waals surface area contributed by atoms with E-state index in [0.29, 0.717) is 0 Å². The average Bonchev–Trinajstić information content (AvgIpc) is 2.75. The molecule has 0 amide bonds. The highest BCUT2D eigenvalue weighted by molar-refractivity contribution is 5.60. The third-order valence-corrected chi connectivity index (χ3v) is 4.54. The summed E-state index contributed by atoms with van der Waals surface area (Å²) < 4.78 is 4.21. The van der Waals surface area contributed by atoms with Gasteiger partial charge in [-0.05, 0) is 35.4 Å². The molecule has 0 aliphatic heterocycles. The van der Waals surface area contributed by atoms with Gasteiger partial charge in [-0.25, -0.2) is 9.13 Å². The van der Waals surface area contributed by atoms with Crippen molar-refractivity contribution in [3.63, 3.8) is 0 Å². The lowest BCUT2D eigenvalue weighted by atomic mass is 10.1. The van der Waals surface area contributed by atoms with Crippen LogP contribution in [0.5, 0.6) is 0 Å². The van der Waals surface area contributed by atoms with Gasteiger partial charge in [-0.3, -0.25) is 0 Å². The Hall–Kier alpha value is -3.66. The monoisotopic (exact) mass is 366 g/mol. The Morgan fingerprint density at radius 1 is 0.607 bits per heavy atom. The van der Waals surface area contributed by atoms with Crippen molar-refractivity contribution < 1.29 is 9.13 Å². The van der Waals surface area contributed by atoms with Crippen LogP contribution in [0.4, 0.5) is 11.4 Å². The van der Waals surface area contributed by atoms with Crippen LogP contribution in [0.2, 0.25) is 0 Å². The molecule has 0 atom stereocenters. The predicted molar refractivity (Wildman–Crippen MR) is 109 cm³/mol. The largest absolute Gasteiger partial charge is 0.208 e. The Bertz CT molecular complexity index is 1050. The van der Waals surface area contributed by atoms with E-state index in [9.17, 15) is 0 Å². The standard InChI is InChI=1S/C24H22N4/c1-27-15-11-21(12-16-27)22-13-17-28(18-14-22)19-20-7-9-24(10-8-20)26-25-23-5-3-2-4-6-23/h2-18H,19H2,1H3/q+2. The Morgan fingerprint density at radius 3 is 1.75 bits per heavy atom. The van der Waals surface area contributed by atoms with Crippen molar-refractivity contribution in [3.05, 3.63) is 109 Å². The molecule has 0 bridgehead atoms. The van der Waals surface area contributed by atoms with Gasteiger partial charge in [0, 0.05) is 29.8 Å². The minimum atomic E-state index is 0.820. The van der Waals surface area contributed by atoms with Gasteiger partial charge in [-0.15, -0.1) is 0 Å². The molecule has 4 heteroatoms. The molecule has 0 N–H and O–H groups in total. The van der Waals surface area contributed by atoms with E-state index in [-0.39, 0.29) is 0 Å². The lowest BCUT2D eigenvalue weighted by Crippen LogP contribution is -2.33. The zero-order valence-electron chi connectivity index (χ0n) is 15.8. The molecule has 0 radical (unpaired) electrons. The fourth-order valence-corrected chi connectivity index (χ4v) is 2.94. The van der Waals surface area contributed by atoms with Crippen molar-refractivity contribution in [2.45, 2.75) is 6.54 Å². The molecule has 2 aromatic carbocycles. The normalized spacial score (nSPS) is 11.0. The number of pyridine rings is 2. The molecule has 0 unspecified atom stereocenters. The second-order valence-corrected chi connectivity index (χ2v) is 6.71. The van der Waals surface area contributed by atoms with Crippen molar-refractivity contribution in [1.29, 1.82) is 0 Å². The zero-order valence-corrected chi connectivity index (χ0v) is 15.8. The fourth-order valence-electron chi connectivity index (χ4n) is 2.94. The van der Waals surface area contributed by atoms with E-state index in [1.165, 1.54) is 16.7 Å². The molecule has 0 fully saturated rings. The van der Waals surface area contributed by atoms with E-state index >= 15 is 0 Å². The predicted octanol–water partition coefficient (Wildman–Crippen LogP) is 4.93. The lowest BCUT2D eigenvalue weighted by molar-refractivity contribution is -0.688. The maximum atomic E-state index is 4.29. The van der Waals surface area contributed by atoms with Crippen molar-refractivity contribution >= 4 is 11.4 Å². The second-order valence-electron chi connectivity index (χ2n) is 6.71. The van der Waals surface area contributed by atoms with Crippen molar-refractivity contribution in [2.75, 3.05) is 0 Å². The Morgan fingerprint density at radius 2 is 1.14 bits per heavy atom. The number of aryl methyl sites for hydroxylation is 1. The van der Waals surface area contributed by atoms with Crippen LogP contribution in [0, 0.1) is 0 Å². The van der Waals surface area contributed by atoms with Gasteiger partial charge in [-0.2, -0.15) is 10.2 Å². The number of benzene rings is 2. The molecule has 4 aromatic rings. The molecule has 28 heavy (non-hydrogen) atoms. The first-order valence-electron chi connectivity index (χ1n) is 9.27. The number of aromatic nitrogens is 2. The Balaban J connectivity index is 1.41. The second kappa shape index (κ2) is 8.35. The van der Waals surface area contributed by atoms with Gasteiger partial charge in [-0.1, -0.05) is 30.3 Å². The molecule has 2 aromatic heterocycles. The number of hydrogen-bond acceptors (Lipinski definition) is 2. The van der Waals surface area contributed by atoms with Crippen LogP contribution < -0.4 is 9.13 Å². The lowest BCUT2D eigenvalue weighted by Gasteiger charge is -2.01. The zero-order chi connectivity index (χ0) is 19.2. The minimum Gasteiger partial charge on any atom is -0.208 e. The highest BCUT2D eigenvalue weighted by atomic mass is 15.1. The summed E-state index contributed by atoms with van der Waals surface area (Å²) in [6.45, 7) is 0.820. The van der Waals surface area contributed by atoms with Gasteiger partial charge in [0.1, 0.15) is 7.05 Å². The van der Waals surface area contributed by atoms with Gasteiger partial charge in [0.25, 0.3) is 0 Å². The number of hydrogen-bond donors (Lipinski definition) is 0. The first-order valence-corrected chi connectivity index (χ1v) is 9.27. The highest BCUT2D eigenvalue weighted by Crippen LogP contribution is 2.19. The van der Waals surface area contributed by atoms with Gasteiger partial charge in [0.2, 0.25) is 0 Å².